The number of sulfonamides is 1. The van der Waals surface area contributed by atoms with Gasteiger partial charge in [-0.3, -0.25) is 0 Å². The summed E-state index contributed by atoms with van der Waals surface area (Å²) in [5, 5.41) is 0. The third kappa shape index (κ3) is 3.81. The topological polar surface area (TPSA) is 60.9 Å². The first-order valence-corrected chi connectivity index (χ1v) is 9.13. The van der Waals surface area contributed by atoms with E-state index in [1.165, 1.54) is 22.5 Å². The molecule has 0 saturated carbocycles. The monoisotopic (exact) mass is 343 g/mol. The molecule has 0 radical (unpaired) electrons. The molecule has 1 aliphatic heterocycles. The molecule has 128 valence electrons. The first-order valence-electron chi connectivity index (χ1n) is 7.69. The van der Waals surface area contributed by atoms with Gasteiger partial charge in [0.15, 0.2) is 0 Å². The molecule has 0 aliphatic carbocycles. The maximum Gasteiger partial charge on any atom is 0.320 e. The van der Waals surface area contributed by atoms with E-state index in [2.05, 4.69) is 0 Å². The Balaban J connectivity index is 2.05. The van der Waals surface area contributed by atoms with Gasteiger partial charge in [-0.25, -0.2) is 17.6 Å². The normalized spacial score (nSPS) is 16.4. The molecule has 1 aromatic carbocycles. The minimum absolute atomic E-state index is 0.0546. The predicted octanol–water partition coefficient (Wildman–Crippen LogP) is 1.59. The minimum atomic E-state index is -3.72. The lowest BCUT2D eigenvalue weighted by atomic mass is 10.3. The molecule has 1 aromatic rings. The summed E-state index contributed by atoms with van der Waals surface area (Å²) in [6.45, 7) is 6.16. The van der Waals surface area contributed by atoms with Crippen LogP contribution in [0.5, 0.6) is 0 Å². The molecular weight excluding hydrogens is 321 g/mol. The molecule has 23 heavy (non-hydrogen) atoms. The molecule has 0 atom stereocenters. The van der Waals surface area contributed by atoms with Crippen LogP contribution in [0.25, 0.3) is 0 Å². The zero-order valence-corrected chi connectivity index (χ0v) is 14.2. The maximum absolute atomic E-state index is 13.3. The Morgan fingerprint density at radius 2 is 1.78 bits per heavy atom. The number of urea groups is 1. The van der Waals surface area contributed by atoms with E-state index in [0.29, 0.717) is 26.2 Å². The van der Waals surface area contributed by atoms with E-state index in [1.54, 1.807) is 9.80 Å². The van der Waals surface area contributed by atoms with E-state index >= 15 is 0 Å². The summed E-state index contributed by atoms with van der Waals surface area (Å²) in [5.41, 5.74) is 0. The van der Waals surface area contributed by atoms with Crippen LogP contribution in [0.2, 0.25) is 0 Å². The molecule has 0 spiro atoms. The van der Waals surface area contributed by atoms with Gasteiger partial charge in [-0.1, -0.05) is 6.07 Å². The van der Waals surface area contributed by atoms with Gasteiger partial charge in [-0.15, -0.1) is 0 Å². The van der Waals surface area contributed by atoms with Gasteiger partial charge >= 0.3 is 6.03 Å². The third-order valence-electron chi connectivity index (χ3n) is 3.98. The highest BCUT2D eigenvalue weighted by Crippen LogP contribution is 2.18. The smallest absolute Gasteiger partial charge is 0.320 e. The fourth-order valence-corrected chi connectivity index (χ4v) is 4.04. The highest BCUT2D eigenvalue weighted by atomic mass is 32.2. The second-order valence-electron chi connectivity index (χ2n) is 5.30. The van der Waals surface area contributed by atoms with Crippen LogP contribution in [-0.2, 0) is 10.0 Å². The number of carbonyl (C=O) groups excluding carboxylic acids is 1. The van der Waals surface area contributed by atoms with E-state index in [0.717, 1.165) is 6.07 Å². The second kappa shape index (κ2) is 7.27. The average Bonchev–Trinajstić information content (AvgIpc) is 2.56. The Morgan fingerprint density at radius 3 is 2.30 bits per heavy atom. The molecule has 0 aromatic heterocycles. The molecule has 1 fully saturated rings. The van der Waals surface area contributed by atoms with E-state index in [4.69, 9.17) is 0 Å². The van der Waals surface area contributed by atoms with E-state index in [9.17, 15) is 17.6 Å². The van der Waals surface area contributed by atoms with Gasteiger partial charge in [-0.2, -0.15) is 4.31 Å². The lowest BCUT2D eigenvalue weighted by molar-refractivity contribution is 0.138. The predicted molar refractivity (Wildman–Crippen MR) is 85.0 cm³/mol. The van der Waals surface area contributed by atoms with Gasteiger partial charge in [0.05, 0.1) is 4.90 Å². The average molecular weight is 343 g/mol. The number of piperazine rings is 1. The fourth-order valence-electron chi connectivity index (χ4n) is 2.59. The van der Waals surface area contributed by atoms with Crippen LogP contribution in [0.15, 0.2) is 29.2 Å². The molecule has 2 rings (SSSR count). The number of rotatable bonds is 4. The van der Waals surface area contributed by atoms with Gasteiger partial charge in [-0.05, 0) is 32.0 Å². The van der Waals surface area contributed by atoms with Crippen LogP contribution in [0.4, 0.5) is 9.18 Å². The molecule has 0 bridgehead atoms. The molecule has 0 N–H and O–H groups in total. The van der Waals surface area contributed by atoms with E-state index in [1.807, 2.05) is 13.8 Å². The van der Waals surface area contributed by atoms with Gasteiger partial charge in [0.25, 0.3) is 0 Å². The van der Waals surface area contributed by atoms with Crippen LogP contribution in [-0.4, -0.2) is 67.8 Å². The second-order valence-corrected chi connectivity index (χ2v) is 7.24. The Labute approximate surface area is 136 Å². The number of benzene rings is 1. The lowest BCUT2D eigenvalue weighted by Gasteiger charge is -2.36. The number of hydrogen-bond donors (Lipinski definition) is 0. The van der Waals surface area contributed by atoms with E-state index < -0.39 is 15.8 Å². The summed E-state index contributed by atoms with van der Waals surface area (Å²) in [7, 11) is -3.72. The van der Waals surface area contributed by atoms with Crippen molar-refractivity contribution in [2.75, 3.05) is 39.3 Å². The summed E-state index contributed by atoms with van der Waals surface area (Å²) in [6.07, 6.45) is 0. The Hall–Kier alpha value is -1.67. The van der Waals surface area contributed by atoms with Crippen LogP contribution < -0.4 is 0 Å². The summed E-state index contributed by atoms with van der Waals surface area (Å²) < 4.78 is 39.6. The van der Waals surface area contributed by atoms with Crippen molar-refractivity contribution < 1.29 is 17.6 Å². The van der Waals surface area contributed by atoms with Gasteiger partial charge in [0.1, 0.15) is 5.82 Å². The van der Waals surface area contributed by atoms with Crippen LogP contribution >= 0.6 is 0 Å². The molecule has 8 heteroatoms. The Bertz CT molecular complexity index is 654. The quantitative estimate of drug-likeness (QED) is 0.834. The first-order chi connectivity index (χ1) is 10.9. The van der Waals surface area contributed by atoms with Crippen molar-refractivity contribution in [1.82, 2.24) is 14.1 Å². The van der Waals surface area contributed by atoms with Gasteiger partial charge in [0.2, 0.25) is 10.0 Å². The summed E-state index contributed by atoms with van der Waals surface area (Å²) in [6, 6.07) is 4.91. The minimum Gasteiger partial charge on any atom is -0.325 e. The molecule has 1 aliphatic rings. The fraction of sp³-hybridized carbons (Fsp3) is 0.533. The van der Waals surface area contributed by atoms with Crippen molar-refractivity contribution in [2.24, 2.45) is 0 Å². The SMILES string of the molecule is CCN(CC)C(=O)N1CCN(S(=O)(=O)c2cccc(F)c2)CC1. The van der Waals surface area contributed by atoms with Crippen LogP contribution in [0.1, 0.15) is 13.8 Å². The number of carbonyl (C=O) groups is 1. The largest absolute Gasteiger partial charge is 0.325 e. The molecule has 1 saturated heterocycles. The zero-order valence-electron chi connectivity index (χ0n) is 13.4. The zero-order chi connectivity index (χ0) is 17.0. The van der Waals surface area contributed by atoms with Crippen molar-refractivity contribution in [3.8, 4) is 0 Å². The third-order valence-corrected chi connectivity index (χ3v) is 5.87. The van der Waals surface area contributed by atoms with E-state index in [-0.39, 0.29) is 24.0 Å². The summed E-state index contributed by atoms with van der Waals surface area (Å²) >= 11 is 0. The lowest BCUT2D eigenvalue weighted by Crippen LogP contribution is -2.53. The number of nitrogens with zero attached hydrogens (tertiary/aromatic N) is 3. The number of halogens is 1. The van der Waals surface area contributed by atoms with Crippen molar-refractivity contribution >= 4 is 16.1 Å². The molecule has 6 nitrogen and oxygen atoms in total. The van der Waals surface area contributed by atoms with Crippen LogP contribution in [0, 0.1) is 5.82 Å². The van der Waals surface area contributed by atoms with Crippen LogP contribution in [0.3, 0.4) is 0 Å². The molecular formula is C15H22FN3O3S. The van der Waals surface area contributed by atoms with Crippen molar-refractivity contribution in [3.63, 3.8) is 0 Å². The van der Waals surface area contributed by atoms with Gasteiger partial charge < -0.3 is 9.80 Å². The molecule has 1 heterocycles. The summed E-state index contributed by atoms with van der Waals surface area (Å²) in [4.78, 5) is 15.6. The highest BCUT2D eigenvalue weighted by molar-refractivity contribution is 7.89. The highest BCUT2D eigenvalue weighted by Gasteiger charge is 2.31. The maximum atomic E-state index is 13.3. The van der Waals surface area contributed by atoms with Gasteiger partial charge in [0, 0.05) is 39.3 Å². The van der Waals surface area contributed by atoms with Crippen molar-refractivity contribution in [1.29, 1.82) is 0 Å². The van der Waals surface area contributed by atoms with Crippen molar-refractivity contribution in [3.05, 3.63) is 30.1 Å². The number of hydrogen-bond acceptors (Lipinski definition) is 3. The van der Waals surface area contributed by atoms with Crippen molar-refractivity contribution in [2.45, 2.75) is 18.7 Å². The Morgan fingerprint density at radius 1 is 1.17 bits per heavy atom. The summed E-state index contributed by atoms with van der Waals surface area (Å²) in [5.74, 6) is -0.582. The number of amides is 2. The molecule has 2 amide bonds. The standard InChI is InChI=1S/C15H22FN3O3S/c1-3-17(4-2)15(20)18-8-10-19(11-9-18)23(21,22)14-7-5-6-13(16)12-14/h5-7,12H,3-4,8-11H2,1-2H3. The first kappa shape index (κ1) is 17.7. The Kier molecular flexibility index (Phi) is 5.59. The molecule has 0 unspecified atom stereocenters.